The van der Waals surface area contributed by atoms with E-state index in [-0.39, 0.29) is 36.9 Å². The van der Waals surface area contributed by atoms with E-state index in [1.54, 1.807) is 6.07 Å². The van der Waals surface area contributed by atoms with Gasteiger partial charge in [0.25, 0.3) is 0 Å². The number of pyridine rings is 1. The Hall–Kier alpha value is -3.22. The summed E-state index contributed by atoms with van der Waals surface area (Å²) < 4.78 is 13.5. The topological polar surface area (TPSA) is 65.5 Å². The molecule has 1 aromatic heterocycles. The van der Waals surface area contributed by atoms with Crippen molar-refractivity contribution in [3.8, 4) is 0 Å². The third-order valence-corrected chi connectivity index (χ3v) is 5.96. The maximum atomic E-state index is 13.5. The summed E-state index contributed by atoms with van der Waals surface area (Å²) in [5.41, 5.74) is 4.40. The van der Waals surface area contributed by atoms with Crippen molar-refractivity contribution in [1.29, 1.82) is 0 Å². The van der Waals surface area contributed by atoms with Crippen LogP contribution in [0.25, 0.3) is 5.57 Å². The normalized spacial score (nSPS) is 22.4. The lowest BCUT2D eigenvalue weighted by atomic mass is 10.0. The number of aryl methyl sites for hydroxylation is 1. The van der Waals surface area contributed by atoms with Gasteiger partial charge in [0.05, 0.1) is 12.6 Å². The van der Waals surface area contributed by atoms with Crippen LogP contribution in [0.15, 0.2) is 42.6 Å². The van der Waals surface area contributed by atoms with Crippen molar-refractivity contribution < 1.29 is 14.0 Å². The molecule has 0 unspecified atom stereocenters. The van der Waals surface area contributed by atoms with Gasteiger partial charge in [0.1, 0.15) is 12.4 Å². The highest BCUT2D eigenvalue weighted by Crippen LogP contribution is 2.41. The van der Waals surface area contributed by atoms with E-state index in [1.165, 1.54) is 17.0 Å². The number of nitrogens with one attached hydrogen (secondary N) is 1. The Kier molecular flexibility index (Phi) is 4.12. The Bertz CT molecular complexity index is 1030. The van der Waals surface area contributed by atoms with Crippen LogP contribution in [0.1, 0.15) is 23.2 Å². The summed E-state index contributed by atoms with van der Waals surface area (Å²) in [5, 5.41) is 2.74. The van der Waals surface area contributed by atoms with Crippen molar-refractivity contribution in [2.24, 2.45) is 5.92 Å². The van der Waals surface area contributed by atoms with Gasteiger partial charge in [0, 0.05) is 24.1 Å². The first-order valence-electron chi connectivity index (χ1n) is 9.76. The number of carbonyl (C=O) groups is 2. The maximum absolute atomic E-state index is 13.5. The van der Waals surface area contributed by atoms with Gasteiger partial charge in [0.2, 0.25) is 5.91 Å². The molecule has 6 nitrogen and oxygen atoms in total. The number of likely N-dealkylation sites (tertiary alicyclic amines) is 1. The molecule has 5 rings (SSSR count). The number of amides is 3. The number of rotatable bonds is 3. The highest BCUT2D eigenvalue weighted by Gasteiger charge is 2.42. The fourth-order valence-corrected chi connectivity index (χ4v) is 4.52. The number of halogens is 1. The van der Waals surface area contributed by atoms with Crippen molar-refractivity contribution >= 4 is 23.2 Å². The van der Waals surface area contributed by atoms with E-state index in [4.69, 9.17) is 0 Å². The minimum absolute atomic E-state index is 0.0228. The van der Waals surface area contributed by atoms with E-state index in [2.05, 4.69) is 16.4 Å². The second-order valence-corrected chi connectivity index (χ2v) is 7.96. The minimum atomic E-state index is -0.357. The lowest BCUT2D eigenvalue weighted by Crippen LogP contribution is -2.48. The first kappa shape index (κ1) is 17.8. The molecule has 1 aromatic carbocycles. The number of aromatic nitrogens is 1. The average Bonchev–Trinajstić information content (AvgIpc) is 3.30. The molecule has 29 heavy (non-hydrogen) atoms. The van der Waals surface area contributed by atoms with Crippen LogP contribution >= 0.6 is 0 Å². The van der Waals surface area contributed by atoms with Crippen LogP contribution < -0.4 is 5.32 Å². The summed E-state index contributed by atoms with van der Waals surface area (Å²) in [6.07, 6.45) is 5.01. The van der Waals surface area contributed by atoms with Gasteiger partial charge in [-0.25, -0.2) is 9.18 Å². The highest BCUT2D eigenvalue weighted by molar-refractivity contribution is 5.95. The molecule has 1 fully saturated rings. The summed E-state index contributed by atoms with van der Waals surface area (Å²) in [5.74, 6) is -0.104. The van der Waals surface area contributed by atoms with Crippen molar-refractivity contribution in [3.63, 3.8) is 0 Å². The molecule has 2 atom stereocenters. The largest absolute Gasteiger partial charge is 0.333 e. The van der Waals surface area contributed by atoms with Crippen molar-refractivity contribution in [2.45, 2.75) is 25.9 Å². The number of benzene rings is 1. The molecule has 7 heteroatoms. The lowest BCUT2D eigenvalue weighted by molar-refractivity contribution is -0.132. The van der Waals surface area contributed by atoms with Gasteiger partial charge < -0.3 is 15.1 Å². The number of carbonyl (C=O) groups excluding carboxylic acids is 2. The molecule has 2 bridgehead atoms. The van der Waals surface area contributed by atoms with Gasteiger partial charge in [0.15, 0.2) is 0 Å². The Morgan fingerprint density at radius 3 is 2.93 bits per heavy atom. The third-order valence-electron chi connectivity index (χ3n) is 5.96. The standard InChI is InChI=1S/C22H21FN4O2/c1-13-2-3-15(9-24-13)18-6-14-7-20(18)27(10-14)21(28)12-26-11-16-8-17(23)4-5-19(16)25-22(26)29/h2-6,8-9,14,20H,7,10-12H2,1H3,(H,25,29)/t14-,20-/m1/s1. The van der Waals surface area contributed by atoms with Crippen LogP contribution in [-0.4, -0.2) is 45.9 Å². The zero-order valence-electron chi connectivity index (χ0n) is 16.1. The van der Waals surface area contributed by atoms with E-state index >= 15 is 0 Å². The quantitative estimate of drug-likeness (QED) is 0.873. The Balaban J connectivity index is 1.31. The van der Waals surface area contributed by atoms with Crippen molar-refractivity contribution in [3.05, 3.63) is 65.2 Å². The predicted molar refractivity (Wildman–Crippen MR) is 106 cm³/mol. The van der Waals surface area contributed by atoms with E-state index in [1.807, 2.05) is 30.2 Å². The Morgan fingerprint density at radius 2 is 2.17 bits per heavy atom. The maximum Gasteiger partial charge on any atom is 0.322 e. The molecular formula is C22H21FN4O2. The zero-order chi connectivity index (χ0) is 20.1. The second-order valence-electron chi connectivity index (χ2n) is 7.96. The molecule has 2 aromatic rings. The van der Waals surface area contributed by atoms with Gasteiger partial charge in [-0.05, 0) is 60.2 Å². The molecule has 3 aliphatic rings. The Labute approximate surface area is 168 Å². The van der Waals surface area contributed by atoms with E-state index in [9.17, 15) is 14.0 Å². The molecule has 3 heterocycles. The molecule has 3 amide bonds. The molecule has 1 aliphatic carbocycles. The van der Waals surface area contributed by atoms with Gasteiger partial charge in [-0.2, -0.15) is 0 Å². The Morgan fingerprint density at radius 1 is 1.31 bits per heavy atom. The molecule has 1 saturated heterocycles. The summed E-state index contributed by atoms with van der Waals surface area (Å²) in [6.45, 7) is 2.82. The number of hydrogen-bond donors (Lipinski definition) is 1. The van der Waals surface area contributed by atoms with Crippen LogP contribution in [-0.2, 0) is 11.3 Å². The van der Waals surface area contributed by atoms with Crippen LogP contribution in [0, 0.1) is 18.7 Å². The van der Waals surface area contributed by atoms with Crippen LogP contribution in [0.3, 0.4) is 0 Å². The molecule has 0 saturated carbocycles. The zero-order valence-corrected chi connectivity index (χ0v) is 16.1. The van der Waals surface area contributed by atoms with Gasteiger partial charge in [-0.3, -0.25) is 9.78 Å². The number of anilines is 1. The highest BCUT2D eigenvalue weighted by atomic mass is 19.1. The van der Waals surface area contributed by atoms with Crippen LogP contribution in [0.2, 0.25) is 0 Å². The van der Waals surface area contributed by atoms with Gasteiger partial charge in [-0.15, -0.1) is 0 Å². The molecule has 2 aliphatic heterocycles. The van der Waals surface area contributed by atoms with E-state index in [0.717, 1.165) is 23.3 Å². The monoisotopic (exact) mass is 392 g/mol. The van der Waals surface area contributed by atoms with Gasteiger partial charge >= 0.3 is 6.03 Å². The fourth-order valence-electron chi connectivity index (χ4n) is 4.52. The molecule has 0 radical (unpaired) electrons. The van der Waals surface area contributed by atoms with E-state index < -0.39 is 0 Å². The first-order chi connectivity index (χ1) is 14.0. The second kappa shape index (κ2) is 6.69. The predicted octanol–water partition coefficient (Wildman–Crippen LogP) is 3.19. The average molecular weight is 392 g/mol. The van der Waals surface area contributed by atoms with Crippen molar-refractivity contribution in [2.75, 3.05) is 18.4 Å². The molecule has 0 spiro atoms. The SMILES string of the molecule is Cc1ccc(C2=C[C@@H]3C[C@H]2N(C(=O)CN2Cc4cc(F)ccc4NC2=O)C3)cn1. The fraction of sp³-hybridized carbons (Fsp3) is 0.318. The lowest BCUT2D eigenvalue weighted by Gasteiger charge is -2.33. The number of hydrogen-bond acceptors (Lipinski definition) is 3. The summed E-state index contributed by atoms with van der Waals surface area (Å²) in [6, 6.07) is 7.97. The van der Waals surface area contributed by atoms with Crippen LogP contribution in [0.4, 0.5) is 14.9 Å². The van der Waals surface area contributed by atoms with Crippen molar-refractivity contribution in [1.82, 2.24) is 14.8 Å². The summed E-state index contributed by atoms with van der Waals surface area (Å²) in [7, 11) is 0. The number of urea groups is 1. The smallest absolute Gasteiger partial charge is 0.322 e. The summed E-state index contributed by atoms with van der Waals surface area (Å²) >= 11 is 0. The summed E-state index contributed by atoms with van der Waals surface area (Å²) in [4.78, 5) is 33.1. The van der Waals surface area contributed by atoms with Crippen LogP contribution in [0.5, 0.6) is 0 Å². The van der Waals surface area contributed by atoms with E-state index in [0.29, 0.717) is 23.7 Å². The minimum Gasteiger partial charge on any atom is -0.333 e. The molecule has 1 N–H and O–H groups in total. The number of fused-ring (bicyclic) bond motifs is 3. The third kappa shape index (κ3) is 3.16. The first-order valence-corrected chi connectivity index (χ1v) is 9.76. The van der Waals surface area contributed by atoms with Gasteiger partial charge in [-0.1, -0.05) is 12.1 Å². The molecular weight excluding hydrogens is 371 g/mol. The number of nitrogens with zero attached hydrogens (tertiary/aromatic N) is 3. The molecule has 148 valence electrons.